The highest BCUT2D eigenvalue weighted by molar-refractivity contribution is 5.83. The first-order chi connectivity index (χ1) is 11.1. The van der Waals surface area contributed by atoms with Crippen molar-refractivity contribution in [2.45, 2.75) is 71.5 Å². The fourth-order valence-electron chi connectivity index (χ4n) is 5.45. The fourth-order valence-corrected chi connectivity index (χ4v) is 5.45. The summed E-state index contributed by atoms with van der Waals surface area (Å²) >= 11 is 0. The molecule has 4 heteroatoms. The van der Waals surface area contributed by atoms with Crippen LogP contribution < -0.4 is 0 Å². The second-order valence-electron chi connectivity index (χ2n) is 8.79. The van der Waals surface area contributed by atoms with E-state index in [1.165, 1.54) is 0 Å². The van der Waals surface area contributed by atoms with Crippen LogP contribution in [0.15, 0.2) is 23.0 Å². The van der Waals surface area contributed by atoms with Gasteiger partial charge in [0.05, 0.1) is 24.2 Å². The molecule has 2 saturated carbocycles. The Kier molecular flexibility index (Phi) is 4.20. The Bertz CT molecular complexity index is 605. The summed E-state index contributed by atoms with van der Waals surface area (Å²) in [5.41, 5.74) is -0.746. The van der Waals surface area contributed by atoms with Gasteiger partial charge < -0.3 is 14.6 Å². The first-order valence-corrected chi connectivity index (χ1v) is 9.07. The van der Waals surface area contributed by atoms with Crippen molar-refractivity contribution < 1.29 is 19.4 Å². The molecule has 2 aliphatic carbocycles. The van der Waals surface area contributed by atoms with E-state index in [9.17, 15) is 15.0 Å². The van der Waals surface area contributed by atoms with Crippen molar-refractivity contribution in [3.8, 4) is 0 Å². The molecule has 1 heterocycles. The van der Waals surface area contributed by atoms with E-state index in [2.05, 4.69) is 6.92 Å². The summed E-state index contributed by atoms with van der Waals surface area (Å²) in [6.45, 7) is 8.08. The van der Waals surface area contributed by atoms with Gasteiger partial charge in [-0.1, -0.05) is 27.7 Å². The summed E-state index contributed by atoms with van der Waals surface area (Å²) in [6, 6.07) is 1.91. The Labute approximate surface area is 144 Å². The number of furan rings is 1. The zero-order chi connectivity index (χ0) is 17.8. The minimum atomic E-state index is -1.05. The van der Waals surface area contributed by atoms with Gasteiger partial charge in [0.15, 0.2) is 0 Å². The van der Waals surface area contributed by atoms with E-state index in [0.717, 1.165) is 12.0 Å². The van der Waals surface area contributed by atoms with Gasteiger partial charge in [0.1, 0.15) is 5.78 Å². The number of carbonyl (C=O) groups is 1. The normalized spacial score (nSPS) is 41.9. The number of carbonyl (C=O) groups excluding carboxylic acids is 1. The van der Waals surface area contributed by atoms with Gasteiger partial charge in [0.2, 0.25) is 0 Å². The topological polar surface area (TPSA) is 70.7 Å². The van der Waals surface area contributed by atoms with Gasteiger partial charge in [-0.2, -0.15) is 0 Å². The number of hydrogen-bond acceptors (Lipinski definition) is 4. The van der Waals surface area contributed by atoms with Crippen molar-refractivity contribution in [3.05, 3.63) is 24.2 Å². The fraction of sp³-hybridized carbons (Fsp3) is 0.750. The van der Waals surface area contributed by atoms with E-state index in [1.807, 2.05) is 26.8 Å². The summed E-state index contributed by atoms with van der Waals surface area (Å²) < 4.78 is 5.13. The van der Waals surface area contributed by atoms with E-state index < -0.39 is 11.7 Å². The standard InChI is InChI=1S/C20H30O4/c1-13-15(21)11-16-18(2,3)17(22)6-8-19(16,4)20(13,23)9-5-14-7-10-24-12-14/h7,10,12-13,16-17,22-23H,5-6,8-9,11H2,1-4H3/t13-,16+,17-,19+,20-/m1/s1. The first kappa shape index (κ1) is 17.7. The highest BCUT2D eigenvalue weighted by Gasteiger charge is 2.65. The predicted octanol–water partition coefficient (Wildman–Crippen LogP) is 3.36. The second-order valence-corrected chi connectivity index (χ2v) is 8.79. The van der Waals surface area contributed by atoms with Crippen LogP contribution in [0, 0.1) is 22.7 Å². The molecular weight excluding hydrogens is 304 g/mol. The number of fused-ring (bicyclic) bond motifs is 1. The van der Waals surface area contributed by atoms with Gasteiger partial charge in [-0.25, -0.2) is 0 Å². The molecule has 0 aromatic carbocycles. The SMILES string of the molecule is C[C@@H]1C(=O)C[C@H]2C(C)(C)[C@H](O)CC[C@]2(C)[C@@]1(O)CCc1ccoc1. The largest absolute Gasteiger partial charge is 0.472 e. The van der Waals surface area contributed by atoms with Crippen molar-refractivity contribution in [1.82, 2.24) is 0 Å². The number of hydrogen-bond donors (Lipinski definition) is 2. The van der Waals surface area contributed by atoms with Crippen LogP contribution in [-0.4, -0.2) is 27.7 Å². The Morgan fingerprint density at radius 2 is 2.04 bits per heavy atom. The molecule has 0 unspecified atom stereocenters. The molecule has 2 fully saturated rings. The summed E-state index contributed by atoms with van der Waals surface area (Å²) in [6.07, 6.45) is 6.03. The Hall–Kier alpha value is -1.13. The zero-order valence-corrected chi connectivity index (χ0v) is 15.2. The smallest absolute Gasteiger partial charge is 0.138 e. The van der Waals surface area contributed by atoms with Gasteiger partial charge in [0, 0.05) is 17.8 Å². The molecule has 134 valence electrons. The molecule has 0 spiro atoms. The van der Waals surface area contributed by atoms with Gasteiger partial charge in [0.25, 0.3) is 0 Å². The first-order valence-electron chi connectivity index (χ1n) is 9.07. The third-order valence-corrected chi connectivity index (χ3v) is 7.43. The number of Topliss-reactive ketones (excluding diaryl/α,β-unsaturated/α-hetero) is 1. The Morgan fingerprint density at radius 1 is 1.33 bits per heavy atom. The number of aliphatic hydroxyl groups is 2. The van der Waals surface area contributed by atoms with Crippen molar-refractivity contribution in [2.75, 3.05) is 0 Å². The van der Waals surface area contributed by atoms with Crippen molar-refractivity contribution in [1.29, 1.82) is 0 Å². The number of aryl methyl sites for hydroxylation is 1. The molecule has 24 heavy (non-hydrogen) atoms. The van der Waals surface area contributed by atoms with Crippen LogP contribution in [-0.2, 0) is 11.2 Å². The van der Waals surface area contributed by atoms with Crippen molar-refractivity contribution >= 4 is 5.78 Å². The van der Waals surface area contributed by atoms with Crippen LogP contribution in [0.4, 0.5) is 0 Å². The minimum absolute atomic E-state index is 0.00759. The number of ketones is 1. The number of aliphatic hydroxyl groups excluding tert-OH is 1. The summed E-state index contributed by atoms with van der Waals surface area (Å²) in [5, 5.41) is 22.2. The zero-order valence-electron chi connectivity index (χ0n) is 15.2. The maximum atomic E-state index is 12.7. The molecule has 2 aliphatic rings. The summed E-state index contributed by atoms with van der Waals surface area (Å²) in [5.74, 6) is -0.266. The molecule has 2 N–H and O–H groups in total. The third-order valence-electron chi connectivity index (χ3n) is 7.43. The van der Waals surface area contributed by atoms with Crippen molar-refractivity contribution in [3.63, 3.8) is 0 Å². The summed E-state index contributed by atoms with van der Waals surface area (Å²) in [4.78, 5) is 12.7. The lowest BCUT2D eigenvalue weighted by molar-refractivity contribution is -0.225. The van der Waals surface area contributed by atoms with Gasteiger partial charge >= 0.3 is 0 Å². The predicted molar refractivity (Wildman–Crippen MR) is 91.4 cm³/mol. The van der Waals surface area contributed by atoms with Gasteiger partial charge in [-0.05, 0) is 48.6 Å². The van der Waals surface area contributed by atoms with Crippen molar-refractivity contribution in [2.24, 2.45) is 22.7 Å². The molecular formula is C20H30O4. The maximum absolute atomic E-state index is 12.7. The van der Waals surface area contributed by atoms with Crippen LogP contribution in [0.25, 0.3) is 0 Å². The molecule has 1 aromatic rings. The Morgan fingerprint density at radius 3 is 2.67 bits per heavy atom. The number of rotatable bonds is 3. The highest BCUT2D eigenvalue weighted by atomic mass is 16.3. The summed E-state index contributed by atoms with van der Waals surface area (Å²) in [7, 11) is 0. The van der Waals surface area contributed by atoms with E-state index in [-0.39, 0.29) is 28.4 Å². The molecule has 1 aromatic heterocycles. The molecule has 5 atom stereocenters. The molecule has 0 bridgehead atoms. The van der Waals surface area contributed by atoms with Crippen LogP contribution in [0.1, 0.15) is 58.9 Å². The Balaban J connectivity index is 1.97. The average Bonchev–Trinajstić information content (AvgIpc) is 3.04. The molecule has 4 nitrogen and oxygen atoms in total. The van der Waals surface area contributed by atoms with E-state index in [0.29, 0.717) is 25.7 Å². The van der Waals surface area contributed by atoms with Gasteiger partial charge in [-0.3, -0.25) is 4.79 Å². The lowest BCUT2D eigenvalue weighted by Gasteiger charge is -2.63. The van der Waals surface area contributed by atoms with Crippen LogP contribution in [0.5, 0.6) is 0 Å². The molecule has 3 rings (SSSR count). The van der Waals surface area contributed by atoms with E-state index >= 15 is 0 Å². The molecule has 0 radical (unpaired) electrons. The molecule has 0 saturated heterocycles. The lowest BCUT2D eigenvalue weighted by Crippen LogP contribution is -2.67. The highest BCUT2D eigenvalue weighted by Crippen LogP contribution is 2.62. The lowest BCUT2D eigenvalue weighted by atomic mass is 9.43. The maximum Gasteiger partial charge on any atom is 0.138 e. The van der Waals surface area contributed by atoms with Gasteiger partial charge in [-0.15, -0.1) is 0 Å². The molecule has 0 aliphatic heterocycles. The van der Waals surface area contributed by atoms with Crippen LogP contribution >= 0.6 is 0 Å². The van der Waals surface area contributed by atoms with Crippen LogP contribution in [0.3, 0.4) is 0 Å². The second kappa shape index (κ2) is 5.70. The monoisotopic (exact) mass is 334 g/mol. The third kappa shape index (κ3) is 2.38. The minimum Gasteiger partial charge on any atom is -0.472 e. The average molecular weight is 334 g/mol. The van der Waals surface area contributed by atoms with Crippen LogP contribution in [0.2, 0.25) is 0 Å². The van der Waals surface area contributed by atoms with E-state index in [4.69, 9.17) is 4.42 Å². The molecule has 0 amide bonds. The quantitative estimate of drug-likeness (QED) is 0.889. The van der Waals surface area contributed by atoms with E-state index in [1.54, 1.807) is 12.5 Å².